The van der Waals surface area contributed by atoms with Gasteiger partial charge in [0, 0.05) is 18.3 Å². The van der Waals surface area contributed by atoms with Gasteiger partial charge in [-0.2, -0.15) is 5.10 Å². The topological polar surface area (TPSA) is 86.1 Å². The molecule has 1 amide bonds. The summed E-state index contributed by atoms with van der Waals surface area (Å²) in [6, 6.07) is 14.9. The average molecular weight is 465 g/mol. The summed E-state index contributed by atoms with van der Waals surface area (Å²) in [4.78, 5) is 29.7. The summed E-state index contributed by atoms with van der Waals surface area (Å²) in [5.41, 5.74) is 3.03. The molecule has 0 radical (unpaired) electrons. The molecular weight excluding hydrogens is 443 g/mol. The van der Waals surface area contributed by atoms with Crippen molar-refractivity contribution in [2.45, 2.75) is 20.3 Å². The third-order valence-electron chi connectivity index (χ3n) is 4.76. The van der Waals surface area contributed by atoms with Crippen LogP contribution in [0.15, 0.2) is 60.8 Å². The predicted octanol–water partition coefficient (Wildman–Crippen LogP) is 4.80. The second-order valence-corrected chi connectivity index (χ2v) is 8.28. The number of hydrogen-bond acceptors (Lipinski definition) is 6. The molecule has 168 valence electrons. The zero-order chi connectivity index (χ0) is 23.4. The molecule has 33 heavy (non-hydrogen) atoms. The Morgan fingerprint density at radius 3 is 2.70 bits per heavy atom. The van der Waals surface area contributed by atoms with Crippen LogP contribution in [0.2, 0.25) is 0 Å². The number of ether oxygens (including phenoxy) is 1. The monoisotopic (exact) mass is 464 g/mol. The van der Waals surface area contributed by atoms with E-state index in [9.17, 15) is 14.0 Å². The molecule has 0 fully saturated rings. The smallest absolute Gasteiger partial charge is 0.358 e. The molecule has 1 N–H and O–H groups in total. The third-order valence-corrected chi connectivity index (χ3v) is 5.91. The molecule has 0 saturated heterocycles. The number of benzene rings is 2. The molecule has 0 aliphatic carbocycles. The maximum absolute atomic E-state index is 13.1. The minimum atomic E-state index is -0.488. The number of esters is 1. The first kappa shape index (κ1) is 22.3. The normalized spacial score (nSPS) is 10.8. The van der Waals surface area contributed by atoms with Gasteiger partial charge in [-0.15, -0.1) is 11.3 Å². The molecule has 0 bridgehead atoms. The van der Waals surface area contributed by atoms with Crippen molar-refractivity contribution in [2.75, 3.05) is 11.9 Å². The van der Waals surface area contributed by atoms with E-state index in [0.29, 0.717) is 28.4 Å². The molecule has 0 atom stereocenters. The summed E-state index contributed by atoms with van der Waals surface area (Å²) < 4.78 is 19.6. The second-order valence-electron chi connectivity index (χ2n) is 7.20. The molecule has 0 aliphatic rings. The number of rotatable bonds is 7. The standard InChI is InChI=1S/C24H21FN4O3S/c1-3-32-24(31)20-11-12-29(28-20)19-6-4-5-18(14-19)27-23(30)22-15(2)26-21(33-22)13-16-7-9-17(25)10-8-16/h4-12,14H,3,13H2,1-2H3,(H,27,30). The zero-order valence-electron chi connectivity index (χ0n) is 18.0. The molecule has 2 heterocycles. The van der Waals surface area contributed by atoms with Gasteiger partial charge in [0.1, 0.15) is 10.7 Å². The van der Waals surface area contributed by atoms with Crippen molar-refractivity contribution >= 4 is 28.9 Å². The van der Waals surface area contributed by atoms with Gasteiger partial charge in [-0.25, -0.2) is 18.9 Å². The van der Waals surface area contributed by atoms with E-state index in [-0.39, 0.29) is 24.0 Å². The van der Waals surface area contributed by atoms with E-state index in [1.54, 1.807) is 61.1 Å². The quantitative estimate of drug-likeness (QED) is 0.397. The highest BCUT2D eigenvalue weighted by Crippen LogP contribution is 2.23. The zero-order valence-corrected chi connectivity index (χ0v) is 18.9. The highest BCUT2D eigenvalue weighted by atomic mass is 32.1. The van der Waals surface area contributed by atoms with Gasteiger partial charge < -0.3 is 10.1 Å². The highest BCUT2D eigenvalue weighted by Gasteiger charge is 2.17. The number of carbonyl (C=O) groups excluding carboxylic acids is 2. The Kier molecular flexibility index (Phi) is 6.60. The van der Waals surface area contributed by atoms with Crippen LogP contribution in [0.3, 0.4) is 0 Å². The number of thiazole rings is 1. The van der Waals surface area contributed by atoms with Crippen LogP contribution in [0.25, 0.3) is 5.69 Å². The largest absolute Gasteiger partial charge is 0.461 e. The van der Waals surface area contributed by atoms with Gasteiger partial charge >= 0.3 is 5.97 Å². The summed E-state index contributed by atoms with van der Waals surface area (Å²) in [5, 5.41) is 7.91. The molecule has 0 unspecified atom stereocenters. The number of hydrogen-bond donors (Lipinski definition) is 1. The summed E-state index contributed by atoms with van der Waals surface area (Å²) in [6.45, 7) is 3.80. The third kappa shape index (κ3) is 5.32. The molecule has 0 saturated carbocycles. The number of nitrogens with zero attached hydrogens (tertiary/aromatic N) is 3. The predicted molar refractivity (Wildman–Crippen MR) is 124 cm³/mol. The van der Waals surface area contributed by atoms with Crippen LogP contribution in [0.4, 0.5) is 10.1 Å². The molecule has 2 aromatic heterocycles. The van der Waals surface area contributed by atoms with Crippen LogP contribution < -0.4 is 5.32 Å². The van der Waals surface area contributed by atoms with Crippen molar-refractivity contribution in [3.05, 3.63) is 93.4 Å². The molecular formula is C24H21FN4O3S. The van der Waals surface area contributed by atoms with E-state index in [4.69, 9.17) is 4.74 Å². The van der Waals surface area contributed by atoms with Gasteiger partial charge in [0.25, 0.3) is 5.91 Å². The molecule has 4 rings (SSSR count). The first-order chi connectivity index (χ1) is 15.9. The number of anilines is 1. The van der Waals surface area contributed by atoms with Crippen molar-refractivity contribution in [3.8, 4) is 5.69 Å². The molecule has 7 nitrogen and oxygen atoms in total. The van der Waals surface area contributed by atoms with E-state index in [0.717, 1.165) is 10.6 Å². The Labute approximate surface area is 193 Å². The van der Waals surface area contributed by atoms with E-state index in [1.807, 2.05) is 6.07 Å². The van der Waals surface area contributed by atoms with Crippen molar-refractivity contribution < 1.29 is 18.7 Å². The van der Waals surface area contributed by atoms with Crippen LogP contribution in [0.5, 0.6) is 0 Å². The van der Waals surface area contributed by atoms with Crippen molar-refractivity contribution in [1.29, 1.82) is 0 Å². The lowest BCUT2D eigenvalue weighted by Gasteiger charge is -2.07. The van der Waals surface area contributed by atoms with Gasteiger partial charge in [-0.3, -0.25) is 4.79 Å². The first-order valence-electron chi connectivity index (χ1n) is 10.3. The lowest BCUT2D eigenvalue weighted by Crippen LogP contribution is -2.12. The Bertz CT molecular complexity index is 1300. The molecule has 4 aromatic rings. The van der Waals surface area contributed by atoms with E-state index in [2.05, 4.69) is 15.4 Å². The Morgan fingerprint density at radius 2 is 1.94 bits per heavy atom. The minimum absolute atomic E-state index is 0.209. The molecule has 0 spiro atoms. The molecule has 0 aliphatic heterocycles. The molecule has 9 heteroatoms. The lowest BCUT2D eigenvalue weighted by atomic mass is 10.1. The number of amides is 1. The van der Waals surface area contributed by atoms with Gasteiger partial charge in [0.2, 0.25) is 0 Å². The van der Waals surface area contributed by atoms with Gasteiger partial charge in [0.05, 0.1) is 23.0 Å². The SMILES string of the molecule is CCOC(=O)c1ccn(-c2cccc(NC(=O)c3sc(Cc4ccc(F)cc4)nc3C)c2)n1. The van der Waals surface area contributed by atoms with Gasteiger partial charge in [0.15, 0.2) is 5.69 Å². The van der Waals surface area contributed by atoms with Crippen molar-refractivity contribution in [2.24, 2.45) is 0 Å². The first-order valence-corrected chi connectivity index (χ1v) is 11.1. The Balaban J connectivity index is 1.47. The number of aryl methyl sites for hydroxylation is 1. The Hall–Kier alpha value is -3.85. The summed E-state index contributed by atoms with van der Waals surface area (Å²) in [6.07, 6.45) is 2.18. The van der Waals surface area contributed by atoms with Gasteiger partial charge in [-0.1, -0.05) is 18.2 Å². The summed E-state index contributed by atoms with van der Waals surface area (Å²) in [5.74, 6) is -1.04. The lowest BCUT2D eigenvalue weighted by molar-refractivity contribution is 0.0519. The number of aromatic nitrogens is 3. The van der Waals surface area contributed by atoms with Crippen LogP contribution in [-0.2, 0) is 11.2 Å². The number of nitrogens with one attached hydrogen (secondary N) is 1. The van der Waals surface area contributed by atoms with Crippen LogP contribution >= 0.6 is 11.3 Å². The minimum Gasteiger partial charge on any atom is -0.461 e. The highest BCUT2D eigenvalue weighted by molar-refractivity contribution is 7.14. The summed E-state index contributed by atoms with van der Waals surface area (Å²) in [7, 11) is 0. The Morgan fingerprint density at radius 1 is 1.15 bits per heavy atom. The maximum Gasteiger partial charge on any atom is 0.358 e. The summed E-state index contributed by atoms with van der Waals surface area (Å²) >= 11 is 1.31. The van der Waals surface area contributed by atoms with Crippen molar-refractivity contribution in [1.82, 2.24) is 14.8 Å². The fourth-order valence-electron chi connectivity index (χ4n) is 3.21. The van der Waals surface area contributed by atoms with E-state index < -0.39 is 5.97 Å². The van der Waals surface area contributed by atoms with E-state index >= 15 is 0 Å². The van der Waals surface area contributed by atoms with Crippen LogP contribution in [-0.4, -0.2) is 33.2 Å². The maximum atomic E-state index is 13.1. The van der Waals surface area contributed by atoms with Crippen LogP contribution in [0.1, 0.15) is 43.3 Å². The number of halogens is 1. The fraction of sp³-hybridized carbons (Fsp3) is 0.167. The van der Waals surface area contributed by atoms with Crippen molar-refractivity contribution in [3.63, 3.8) is 0 Å². The van der Waals surface area contributed by atoms with E-state index in [1.165, 1.54) is 23.5 Å². The second kappa shape index (κ2) is 9.74. The van der Waals surface area contributed by atoms with Gasteiger partial charge in [-0.05, 0) is 55.8 Å². The average Bonchev–Trinajstić information content (AvgIpc) is 3.43. The fourth-order valence-corrected chi connectivity index (χ4v) is 4.21. The number of carbonyl (C=O) groups is 2. The van der Waals surface area contributed by atoms with Crippen LogP contribution in [0, 0.1) is 12.7 Å². The molecule has 2 aromatic carbocycles.